The van der Waals surface area contributed by atoms with Gasteiger partial charge in [-0.2, -0.15) is 0 Å². The third-order valence-corrected chi connectivity index (χ3v) is 3.70. The van der Waals surface area contributed by atoms with E-state index in [-0.39, 0.29) is 11.9 Å². The molecule has 0 saturated heterocycles. The molecular weight excluding hydrogens is 265 g/mol. The van der Waals surface area contributed by atoms with Crippen LogP contribution in [0.2, 0.25) is 0 Å². The molecule has 110 valence electrons. The van der Waals surface area contributed by atoms with Crippen molar-refractivity contribution in [1.82, 2.24) is 5.32 Å². The highest BCUT2D eigenvalue weighted by atomic mass is 19.1. The first-order valence-electron chi connectivity index (χ1n) is 7.43. The summed E-state index contributed by atoms with van der Waals surface area (Å²) in [4.78, 5) is 0. The van der Waals surface area contributed by atoms with E-state index >= 15 is 0 Å². The molecule has 3 heteroatoms. The lowest BCUT2D eigenvalue weighted by Crippen LogP contribution is -2.27. The van der Waals surface area contributed by atoms with Crippen molar-refractivity contribution in [2.75, 3.05) is 6.54 Å². The summed E-state index contributed by atoms with van der Waals surface area (Å²) in [5.41, 5.74) is 2.06. The summed E-state index contributed by atoms with van der Waals surface area (Å²) in [6.45, 7) is 2.63. The van der Waals surface area contributed by atoms with Crippen LogP contribution >= 0.6 is 0 Å². The molecule has 21 heavy (non-hydrogen) atoms. The smallest absolute Gasteiger partial charge is 0.165 e. The minimum Gasteiger partial charge on any atom is -0.481 e. The zero-order valence-corrected chi connectivity index (χ0v) is 12.2. The van der Waals surface area contributed by atoms with Crippen molar-refractivity contribution in [2.24, 2.45) is 0 Å². The molecule has 0 spiro atoms. The predicted octanol–water partition coefficient (Wildman–Crippen LogP) is 4.01. The number of rotatable bonds is 6. The summed E-state index contributed by atoms with van der Waals surface area (Å²) >= 11 is 0. The molecule has 2 aromatic rings. The number of hydrogen-bond acceptors (Lipinski definition) is 2. The van der Waals surface area contributed by atoms with Crippen LogP contribution in [0.3, 0.4) is 0 Å². The Kier molecular flexibility index (Phi) is 4.20. The van der Waals surface area contributed by atoms with Crippen LogP contribution in [0.4, 0.5) is 4.39 Å². The summed E-state index contributed by atoms with van der Waals surface area (Å²) < 4.78 is 19.9. The molecule has 0 radical (unpaired) electrons. The number of aryl methyl sites for hydroxylation is 1. The van der Waals surface area contributed by atoms with Crippen molar-refractivity contribution in [1.29, 1.82) is 0 Å². The van der Waals surface area contributed by atoms with Gasteiger partial charge in [0.25, 0.3) is 0 Å². The van der Waals surface area contributed by atoms with Gasteiger partial charge in [0.2, 0.25) is 0 Å². The van der Waals surface area contributed by atoms with Crippen LogP contribution in [-0.2, 0) is 0 Å². The molecular formula is C18H20FNO. The third-order valence-electron chi connectivity index (χ3n) is 3.70. The Morgan fingerprint density at radius 1 is 1.19 bits per heavy atom. The van der Waals surface area contributed by atoms with Gasteiger partial charge < -0.3 is 10.1 Å². The lowest BCUT2D eigenvalue weighted by atomic mass is 10.1. The van der Waals surface area contributed by atoms with Crippen LogP contribution in [0.5, 0.6) is 5.75 Å². The fourth-order valence-electron chi connectivity index (χ4n) is 2.31. The van der Waals surface area contributed by atoms with Crippen LogP contribution in [0.1, 0.15) is 30.1 Å². The summed E-state index contributed by atoms with van der Waals surface area (Å²) in [6.07, 6.45) is 2.27. The lowest BCUT2D eigenvalue weighted by Gasteiger charge is -2.21. The number of ether oxygens (including phenoxy) is 1. The summed E-state index contributed by atoms with van der Waals surface area (Å²) in [5.74, 6) is 0.00871. The fourth-order valence-corrected chi connectivity index (χ4v) is 2.31. The highest BCUT2D eigenvalue weighted by Crippen LogP contribution is 2.27. The van der Waals surface area contributed by atoms with Crippen LogP contribution in [0, 0.1) is 12.7 Å². The first-order chi connectivity index (χ1) is 10.2. The SMILES string of the molecule is Cc1ccc(F)c(OC(CNC2CC2)c2ccccc2)c1. The second-order valence-corrected chi connectivity index (χ2v) is 5.63. The second-order valence-electron chi connectivity index (χ2n) is 5.63. The number of halogens is 1. The van der Waals surface area contributed by atoms with E-state index in [0.717, 1.165) is 11.1 Å². The predicted molar refractivity (Wildman–Crippen MR) is 82.0 cm³/mol. The van der Waals surface area contributed by atoms with Gasteiger partial charge in [0.05, 0.1) is 0 Å². The first kappa shape index (κ1) is 14.1. The van der Waals surface area contributed by atoms with Crippen molar-refractivity contribution < 1.29 is 9.13 Å². The Morgan fingerprint density at radius 2 is 1.95 bits per heavy atom. The normalized spacial score (nSPS) is 15.7. The maximum Gasteiger partial charge on any atom is 0.165 e. The maximum absolute atomic E-state index is 13.9. The first-order valence-corrected chi connectivity index (χ1v) is 7.43. The number of nitrogens with one attached hydrogen (secondary N) is 1. The van der Waals surface area contributed by atoms with Crippen molar-refractivity contribution in [3.8, 4) is 5.75 Å². The molecule has 1 atom stereocenters. The van der Waals surface area contributed by atoms with E-state index in [1.54, 1.807) is 12.1 Å². The van der Waals surface area contributed by atoms with E-state index < -0.39 is 0 Å². The summed E-state index contributed by atoms with van der Waals surface area (Å²) in [6, 6.07) is 15.5. The van der Waals surface area contributed by atoms with Crippen molar-refractivity contribution in [3.05, 3.63) is 65.5 Å². The van der Waals surface area contributed by atoms with Gasteiger partial charge in [0.1, 0.15) is 6.10 Å². The Hall–Kier alpha value is -1.87. The lowest BCUT2D eigenvalue weighted by molar-refractivity contribution is 0.192. The standard InChI is InChI=1S/C18H20FNO/c1-13-7-10-16(19)17(11-13)21-18(12-20-15-8-9-15)14-5-3-2-4-6-14/h2-7,10-11,15,18,20H,8-9,12H2,1H3. The van der Waals surface area contributed by atoms with E-state index in [4.69, 9.17) is 4.74 Å². The van der Waals surface area contributed by atoms with E-state index in [1.165, 1.54) is 18.9 Å². The summed E-state index contributed by atoms with van der Waals surface area (Å²) in [5, 5.41) is 3.46. The highest BCUT2D eigenvalue weighted by Gasteiger charge is 2.23. The van der Waals surface area contributed by atoms with Crippen LogP contribution in [0.25, 0.3) is 0 Å². The molecule has 0 bridgehead atoms. The van der Waals surface area contributed by atoms with Gasteiger partial charge in [-0.15, -0.1) is 0 Å². The monoisotopic (exact) mass is 285 g/mol. The van der Waals surface area contributed by atoms with Gasteiger partial charge in [-0.1, -0.05) is 36.4 Å². The molecule has 0 amide bonds. The van der Waals surface area contributed by atoms with E-state index in [2.05, 4.69) is 5.32 Å². The van der Waals surface area contributed by atoms with E-state index in [1.807, 2.05) is 37.3 Å². The maximum atomic E-state index is 13.9. The topological polar surface area (TPSA) is 21.3 Å². The van der Waals surface area contributed by atoms with Crippen molar-refractivity contribution in [2.45, 2.75) is 31.9 Å². The van der Waals surface area contributed by atoms with Gasteiger partial charge >= 0.3 is 0 Å². The molecule has 0 aliphatic heterocycles. The molecule has 1 unspecified atom stereocenters. The molecule has 0 aromatic heterocycles. The van der Waals surface area contributed by atoms with Gasteiger partial charge in [-0.25, -0.2) is 4.39 Å². The Labute approximate surface area is 125 Å². The Morgan fingerprint density at radius 3 is 2.67 bits per heavy atom. The number of hydrogen-bond donors (Lipinski definition) is 1. The summed E-state index contributed by atoms with van der Waals surface area (Å²) in [7, 11) is 0. The van der Waals surface area contributed by atoms with Gasteiger partial charge in [-0.05, 0) is 43.0 Å². The Bertz CT molecular complexity index is 595. The average molecular weight is 285 g/mol. The Balaban J connectivity index is 1.78. The van der Waals surface area contributed by atoms with Crippen molar-refractivity contribution in [3.63, 3.8) is 0 Å². The molecule has 1 fully saturated rings. The van der Waals surface area contributed by atoms with Gasteiger partial charge in [-0.3, -0.25) is 0 Å². The van der Waals surface area contributed by atoms with Crippen LogP contribution in [0.15, 0.2) is 48.5 Å². The fraction of sp³-hybridized carbons (Fsp3) is 0.333. The van der Waals surface area contributed by atoms with E-state index in [9.17, 15) is 4.39 Å². The third kappa shape index (κ3) is 3.82. The van der Waals surface area contributed by atoms with Crippen molar-refractivity contribution >= 4 is 0 Å². The zero-order chi connectivity index (χ0) is 14.7. The molecule has 3 rings (SSSR count). The van der Waals surface area contributed by atoms with E-state index in [0.29, 0.717) is 18.3 Å². The van der Waals surface area contributed by atoms with Crippen LogP contribution < -0.4 is 10.1 Å². The highest BCUT2D eigenvalue weighted by molar-refractivity contribution is 5.31. The molecule has 1 N–H and O–H groups in total. The minimum absolute atomic E-state index is 0.178. The molecule has 1 saturated carbocycles. The molecule has 2 nitrogen and oxygen atoms in total. The molecule has 2 aromatic carbocycles. The van der Waals surface area contributed by atoms with Crippen LogP contribution in [-0.4, -0.2) is 12.6 Å². The minimum atomic E-state index is -0.312. The second kappa shape index (κ2) is 6.27. The molecule has 1 aliphatic rings. The average Bonchev–Trinajstić information content (AvgIpc) is 3.32. The quantitative estimate of drug-likeness (QED) is 0.866. The van der Waals surface area contributed by atoms with Gasteiger partial charge in [0.15, 0.2) is 11.6 Å². The molecule has 0 heterocycles. The largest absolute Gasteiger partial charge is 0.481 e. The van der Waals surface area contributed by atoms with Gasteiger partial charge in [0, 0.05) is 12.6 Å². The zero-order valence-electron chi connectivity index (χ0n) is 12.2. The molecule has 1 aliphatic carbocycles. The number of benzene rings is 2.